The normalized spacial score (nSPS) is 12.2. The number of nitrogens with one attached hydrogen (secondary N) is 3. The average Bonchev–Trinajstić information content (AvgIpc) is 2.84. The van der Waals surface area contributed by atoms with Gasteiger partial charge in [0.2, 0.25) is 0 Å². The van der Waals surface area contributed by atoms with E-state index >= 15 is 0 Å². The summed E-state index contributed by atoms with van der Waals surface area (Å²) < 4.78 is 32.1. The predicted octanol–water partition coefficient (Wildman–Crippen LogP) is 0.470. The summed E-state index contributed by atoms with van der Waals surface area (Å²) in [6.45, 7) is 8.50. The topological polar surface area (TPSA) is 96.1 Å². The maximum absolute atomic E-state index is 12.1. The van der Waals surface area contributed by atoms with Gasteiger partial charge < -0.3 is 10.1 Å². The van der Waals surface area contributed by atoms with Crippen molar-refractivity contribution in [3.63, 3.8) is 0 Å². The molecule has 0 radical (unpaired) electrons. The maximum Gasteiger partial charge on any atom is 0.257 e. The van der Waals surface area contributed by atoms with Crippen LogP contribution < -0.4 is 10.0 Å². The Morgan fingerprint density at radius 1 is 1.45 bits per heavy atom. The zero-order valence-electron chi connectivity index (χ0n) is 12.3. The molecule has 7 nitrogen and oxygen atoms in total. The van der Waals surface area contributed by atoms with Crippen molar-refractivity contribution in [1.29, 1.82) is 0 Å². The number of nitrogens with zero attached hydrogens (tertiary/aromatic N) is 1. The summed E-state index contributed by atoms with van der Waals surface area (Å²) in [5, 5.41) is 9.51. The summed E-state index contributed by atoms with van der Waals surface area (Å²) in [5.41, 5.74) is 0.627. The Balaban J connectivity index is 2.50. The molecule has 0 saturated carbocycles. The Morgan fingerprint density at radius 2 is 2.20 bits per heavy atom. The number of aromatic nitrogens is 2. The van der Waals surface area contributed by atoms with E-state index < -0.39 is 10.0 Å². The van der Waals surface area contributed by atoms with E-state index in [0.717, 1.165) is 6.54 Å². The molecule has 0 unspecified atom stereocenters. The molecule has 20 heavy (non-hydrogen) atoms. The van der Waals surface area contributed by atoms with Crippen LogP contribution in [0.3, 0.4) is 0 Å². The second-order valence-electron chi connectivity index (χ2n) is 4.87. The average molecular weight is 304 g/mol. The predicted molar refractivity (Wildman–Crippen MR) is 76.8 cm³/mol. The molecule has 3 N–H and O–H groups in total. The van der Waals surface area contributed by atoms with Gasteiger partial charge in [-0.15, -0.1) is 0 Å². The number of hydrogen-bond acceptors (Lipinski definition) is 5. The van der Waals surface area contributed by atoms with Crippen LogP contribution in [0.25, 0.3) is 0 Å². The summed E-state index contributed by atoms with van der Waals surface area (Å²) in [4.78, 5) is 0. The van der Waals surface area contributed by atoms with Crippen LogP contribution in [0.2, 0.25) is 0 Å². The largest absolute Gasteiger partial charge is 0.380 e. The molecule has 8 heteroatoms. The summed E-state index contributed by atoms with van der Waals surface area (Å²) in [7, 11) is -3.57. The zero-order chi connectivity index (χ0) is 15.0. The van der Waals surface area contributed by atoms with Crippen molar-refractivity contribution in [3.8, 4) is 0 Å². The van der Waals surface area contributed by atoms with Crippen LogP contribution in [0.1, 0.15) is 26.3 Å². The van der Waals surface area contributed by atoms with Gasteiger partial charge >= 0.3 is 0 Å². The molecule has 0 spiro atoms. The third kappa shape index (κ3) is 5.58. The SMILES string of the molecule is CCNCc1cn[nH]c1S(=O)(=O)NCCOCC(C)C. The molecule has 0 aliphatic rings. The van der Waals surface area contributed by atoms with Crippen LogP contribution in [0.5, 0.6) is 0 Å². The lowest BCUT2D eigenvalue weighted by Gasteiger charge is -2.09. The summed E-state index contributed by atoms with van der Waals surface area (Å²) in [6.07, 6.45) is 1.52. The molecular formula is C12H24N4O3S. The highest BCUT2D eigenvalue weighted by molar-refractivity contribution is 7.89. The van der Waals surface area contributed by atoms with Crippen molar-refractivity contribution in [1.82, 2.24) is 20.2 Å². The molecule has 0 bridgehead atoms. The van der Waals surface area contributed by atoms with Crippen LogP contribution in [-0.2, 0) is 21.3 Å². The quantitative estimate of drug-likeness (QED) is 0.546. The minimum absolute atomic E-state index is 0.113. The summed E-state index contributed by atoms with van der Waals surface area (Å²) in [6, 6.07) is 0. The number of aromatic amines is 1. The standard InChI is InChI=1S/C12H24N4O3S/c1-4-13-7-11-8-14-16-12(11)20(17,18)15-5-6-19-9-10(2)3/h8,10,13,15H,4-7,9H2,1-3H3,(H,14,16). The molecule has 1 heterocycles. The first-order valence-electron chi connectivity index (χ1n) is 6.77. The van der Waals surface area contributed by atoms with Crippen molar-refractivity contribution in [2.45, 2.75) is 32.3 Å². The van der Waals surface area contributed by atoms with E-state index in [1.807, 2.05) is 20.8 Å². The fraction of sp³-hybridized carbons (Fsp3) is 0.750. The molecule has 0 fully saturated rings. The maximum atomic E-state index is 12.1. The Labute approximate surface area is 120 Å². The minimum Gasteiger partial charge on any atom is -0.380 e. The minimum atomic E-state index is -3.57. The van der Waals surface area contributed by atoms with E-state index in [2.05, 4.69) is 20.2 Å². The highest BCUT2D eigenvalue weighted by atomic mass is 32.2. The summed E-state index contributed by atoms with van der Waals surface area (Å²) in [5.74, 6) is 0.436. The number of ether oxygens (including phenoxy) is 1. The molecular weight excluding hydrogens is 280 g/mol. The lowest BCUT2D eigenvalue weighted by molar-refractivity contribution is 0.114. The van der Waals surface area contributed by atoms with Crippen molar-refractivity contribution >= 4 is 10.0 Å². The second-order valence-corrected chi connectivity index (χ2v) is 6.58. The Morgan fingerprint density at radius 3 is 2.85 bits per heavy atom. The van der Waals surface area contributed by atoms with Gasteiger partial charge in [0.15, 0.2) is 5.03 Å². The first-order valence-corrected chi connectivity index (χ1v) is 8.26. The van der Waals surface area contributed by atoms with Gasteiger partial charge in [0.25, 0.3) is 10.0 Å². The van der Waals surface area contributed by atoms with Crippen molar-refractivity contribution in [3.05, 3.63) is 11.8 Å². The van der Waals surface area contributed by atoms with E-state index in [1.165, 1.54) is 6.20 Å². The van der Waals surface area contributed by atoms with Crippen LogP contribution in [0.15, 0.2) is 11.2 Å². The van der Waals surface area contributed by atoms with Gasteiger partial charge in [-0.3, -0.25) is 5.10 Å². The van der Waals surface area contributed by atoms with Crippen molar-refractivity contribution < 1.29 is 13.2 Å². The van der Waals surface area contributed by atoms with Gasteiger partial charge in [0.05, 0.1) is 12.8 Å². The third-order valence-corrected chi connectivity index (χ3v) is 3.98. The number of sulfonamides is 1. The molecule has 0 aliphatic carbocycles. The lowest BCUT2D eigenvalue weighted by atomic mass is 10.2. The van der Waals surface area contributed by atoms with Gasteiger partial charge in [0.1, 0.15) is 0 Å². The van der Waals surface area contributed by atoms with Crippen LogP contribution in [0.4, 0.5) is 0 Å². The molecule has 0 saturated heterocycles. The third-order valence-electron chi connectivity index (χ3n) is 2.50. The van der Waals surface area contributed by atoms with Gasteiger partial charge in [-0.1, -0.05) is 20.8 Å². The van der Waals surface area contributed by atoms with E-state index in [-0.39, 0.29) is 11.6 Å². The first-order chi connectivity index (χ1) is 9.47. The summed E-state index contributed by atoms with van der Waals surface area (Å²) >= 11 is 0. The molecule has 0 aliphatic heterocycles. The molecule has 1 aromatic rings. The fourth-order valence-electron chi connectivity index (χ4n) is 1.56. The molecule has 1 rings (SSSR count). The monoisotopic (exact) mass is 304 g/mol. The highest BCUT2D eigenvalue weighted by Crippen LogP contribution is 2.11. The van der Waals surface area contributed by atoms with Crippen LogP contribution in [0, 0.1) is 5.92 Å². The molecule has 0 aromatic carbocycles. The Bertz CT molecular complexity index is 485. The van der Waals surface area contributed by atoms with Gasteiger partial charge in [0, 0.05) is 25.3 Å². The Kier molecular flexibility index (Phi) is 7.14. The Hall–Kier alpha value is -0.960. The van der Waals surface area contributed by atoms with Gasteiger partial charge in [-0.2, -0.15) is 5.10 Å². The highest BCUT2D eigenvalue weighted by Gasteiger charge is 2.19. The van der Waals surface area contributed by atoms with Gasteiger partial charge in [-0.05, 0) is 12.5 Å². The zero-order valence-corrected chi connectivity index (χ0v) is 13.1. The van der Waals surface area contributed by atoms with E-state index in [4.69, 9.17) is 4.74 Å². The van der Waals surface area contributed by atoms with Crippen molar-refractivity contribution in [2.24, 2.45) is 5.92 Å². The van der Waals surface area contributed by atoms with E-state index in [0.29, 0.717) is 31.2 Å². The smallest absolute Gasteiger partial charge is 0.257 e. The van der Waals surface area contributed by atoms with Crippen LogP contribution >= 0.6 is 0 Å². The lowest BCUT2D eigenvalue weighted by Crippen LogP contribution is -2.29. The van der Waals surface area contributed by atoms with E-state index in [1.54, 1.807) is 0 Å². The molecule has 116 valence electrons. The second kappa shape index (κ2) is 8.35. The molecule has 1 aromatic heterocycles. The molecule has 0 atom stereocenters. The van der Waals surface area contributed by atoms with E-state index in [9.17, 15) is 8.42 Å². The van der Waals surface area contributed by atoms with Crippen LogP contribution in [-0.4, -0.2) is 44.9 Å². The first kappa shape index (κ1) is 17.1. The number of rotatable bonds is 10. The molecule has 0 amide bonds. The van der Waals surface area contributed by atoms with Gasteiger partial charge in [-0.25, -0.2) is 13.1 Å². The fourth-order valence-corrected chi connectivity index (χ4v) is 2.70. The number of H-pyrrole nitrogens is 1. The van der Waals surface area contributed by atoms with Crippen molar-refractivity contribution in [2.75, 3.05) is 26.3 Å². The number of hydrogen-bond donors (Lipinski definition) is 3.